The van der Waals surface area contributed by atoms with Crippen LogP contribution in [0.5, 0.6) is 5.75 Å². The molecule has 3 nitrogen and oxygen atoms in total. The predicted octanol–water partition coefficient (Wildman–Crippen LogP) is 5.03. The summed E-state index contributed by atoms with van der Waals surface area (Å²) in [6, 6.07) is 10.4. The highest BCUT2D eigenvalue weighted by atomic mass is 35.5. The minimum absolute atomic E-state index is 0.310. The number of halogens is 3. The van der Waals surface area contributed by atoms with Crippen molar-refractivity contribution >= 4 is 41.0 Å². The van der Waals surface area contributed by atoms with E-state index in [-0.39, 0.29) is 0 Å². The lowest BCUT2D eigenvalue weighted by atomic mass is 10.2. The van der Waals surface area contributed by atoms with Gasteiger partial charge in [0.2, 0.25) is 0 Å². The van der Waals surface area contributed by atoms with E-state index in [1.165, 1.54) is 6.21 Å². The minimum Gasteiger partial charge on any atom is -0.487 e. The Hall–Kier alpha value is -1.42. The van der Waals surface area contributed by atoms with E-state index < -0.39 is 0 Å². The Bertz CT molecular complexity index is 627. The average molecular weight is 331 g/mol. The lowest BCUT2D eigenvalue weighted by molar-refractivity contribution is 0.304. The van der Waals surface area contributed by atoms with E-state index in [9.17, 15) is 0 Å². The molecule has 0 unspecified atom stereocenters. The molecule has 0 saturated carbocycles. The molecule has 0 atom stereocenters. The molecular weight excluding hydrogens is 321 g/mol. The van der Waals surface area contributed by atoms with E-state index in [1.54, 1.807) is 24.3 Å². The van der Waals surface area contributed by atoms with E-state index in [0.29, 0.717) is 33.0 Å². The van der Waals surface area contributed by atoms with Crippen LogP contribution in [-0.2, 0) is 6.61 Å². The van der Waals surface area contributed by atoms with Crippen LogP contribution in [0.4, 0.5) is 0 Å². The largest absolute Gasteiger partial charge is 0.487 e. The van der Waals surface area contributed by atoms with Crippen molar-refractivity contribution in [3.05, 3.63) is 62.6 Å². The molecule has 20 heavy (non-hydrogen) atoms. The fraction of sp³-hybridized carbons (Fsp3) is 0.0714. The highest BCUT2D eigenvalue weighted by Crippen LogP contribution is 2.32. The second-order valence-corrected chi connectivity index (χ2v) is 5.25. The molecule has 1 N–H and O–H groups in total. The maximum atomic E-state index is 8.65. The minimum atomic E-state index is 0.310. The third kappa shape index (κ3) is 3.79. The standard InChI is InChI=1S/C14H10Cl3NO2/c15-11-3-1-9(2-4-11)8-20-14-10(7-18-19)5-12(16)6-13(14)17/h1-7,19H,8H2/b18-7-. The van der Waals surface area contributed by atoms with Crippen LogP contribution < -0.4 is 4.74 Å². The van der Waals surface area contributed by atoms with Crippen molar-refractivity contribution in [1.82, 2.24) is 0 Å². The first-order valence-electron chi connectivity index (χ1n) is 5.64. The normalized spacial score (nSPS) is 10.9. The van der Waals surface area contributed by atoms with Gasteiger partial charge in [0.1, 0.15) is 12.4 Å². The van der Waals surface area contributed by atoms with Crippen LogP contribution in [0.2, 0.25) is 15.1 Å². The zero-order chi connectivity index (χ0) is 14.5. The van der Waals surface area contributed by atoms with Crippen molar-refractivity contribution in [3.8, 4) is 5.75 Å². The fourth-order valence-electron chi connectivity index (χ4n) is 1.63. The molecule has 2 aromatic carbocycles. The van der Waals surface area contributed by atoms with Crippen molar-refractivity contribution < 1.29 is 9.94 Å². The Balaban J connectivity index is 2.22. The van der Waals surface area contributed by atoms with Gasteiger partial charge < -0.3 is 9.94 Å². The van der Waals surface area contributed by atoms with E-state index in [0.717, 1.165) is 5.56 Å². The first-order valence-corrected chi connectivity index (χ1v) is 6.77. The van der Waals surface area contributed by atoms with Gasteiger partial charge in [0, 0.05) is 15.6 Å². The van der Waals surface area contributed by atoms with E-state index in [1.807, 2.05) is 12.1 Å². The SMILES string of the molecule is O/N=C\c1cc(Cl)cc(Cl)c1OCc1ccc(Cl)cc1. The molecular formula is C14H10Cl3NO2. The molecule has 0 heterocycles. The van der Waals surface area contributed by atoms with Gasteiger partial charge in [-0.05, 0) is 29.8 Å². The number of benzene rings is 2. The van der Waals surface area contributed by atoms with Gasteiger partial charge in [-0.3, -0.25) is 0 Å². The van der Waals surface area contributed by atoms with Crippen molar-refractivity contribution in [2.24, 2.45) is 5.16 Å². The van der Waals surface area contributed by atoms with Crippen LogP contribution in [0, 0.1) is 0 Å². The molecule has 104 valence electrons. The summed E-state index contributed by atoms with van der Waals surface area (Å²) in [6.45, 7) is 0.310. The van der Waals surface area contributed by atoms with Crippen LogP contribution in [-0.4, -0.2) is 11.4 Å². The quantitative estimate of drug-likeness (QED) is 0.485. The van der Waals surface area contributed by atoms with E-state index in [2.05, 4.69) is 5.16 Å². The number of nitrogens with zero attached hydrogens (tertiary/aromatic N) is 1. The summed E-state index contributed by atoms with van der Waals surface area (Å²) in [4.78, 5) is 0. The summed E-state index contributed by atoms with van der Waals surface area (Å²) in [7, 11) is 0. The molecule has 0 bridgehead atoms. The third-order valence-corrected chi connectivity index (χ3v) is 3.28. The maximum absolute atomic E-state index is 8.65. The molecule has 2 aromatic rings. The van der Waals surface area contributed by atoms with Crippen LogP contribution >= 0.6 is 34.8 Å². The molecule has 6 heteroatoms. The zero-order valence-electron chi connectivity index (χ0n) is 10.2. The van der Waals surface area contributed by atoms with Crippen LogP contribution in [0.25, 0.3) is 0 Å². The molecule has 0 aliphatic heterocycles. The van der Waals surface area contributed by atoms with Gasteiger partial charge in [-0.15, -0.1) is 0 Å². The number of hydrogen-bond donors (Lipinski definition) is 1. The summed E-state index contributed by atoms with van der Waals surface area (Å²) in [6.07, 6.45) is 1.22. The molecule has 2 rings (SSSR count). The van der Waals surface area contributed by atoms with Gasteiger partial charge in [-0.2, -0.15) is 0 Å². The Labute approximate surface area is 131 Å². The van der Waals surface area contributed by atoms with Crippen molar-refractivity contribution in [1.29, 1.82) is 0 Å². The highest BCUT2D eigenvalue weighted by Gasteiger charge is 2.10. The van der Waals surface area contributed by atoms with Crippen LogP contribution in [0.15, 0.2) is 41.6 Å². The molecule has 0 amide bonds. The van der Waals surface area contributed by atoms with Crippen molar-refractivity contribution in [2.75, 3.05) is 0 Å². The third-order valence-electron chi connectivity index (χ3n) is 2.53. The van der Waals surface area contributed by atoms with Gasteiger partial charge in [-0.25, -0.2) is 0 Å². The number of ether oxygens (including phenoxy) is 1. The highest BCUT2D eigenvalue weighted by molar-refractivity contribution is 6.36. The lowest BCUT2D eigenvalue weighted by Gasteiger charge is -2.11. The molecule has 0 spiro atoms. The van der Waals surface area contributed by atoms with Gasteiger partial charge in [0.15, 0.2) is 0 Å². The number of oxime groups is 1. The number of hydrogen-bond acceptors (Lipinski definition) is 3. The predicted molar refractivity (Wildman–Crippen MR) is 81.6 cm³/mol. The van der Waals surface area contributed by atoms with Crippen molar-refractivity contribution in [3.63, 3.8) is 0 Å². The second-order valence-electron chi connectivity index (χ2n) is 3.97. The van der Waals surface area contributed by atoms with Gasteiger partial charge >= 0.3 is 0 Å². The summed E-state index contributed by atoms with van der Waals surface area (Å²) in [5.74, 6) is 0.406. The maximum Gasteiger partial charge on any atom is 0.147 e. The van der Waals surface area contributed by atoms with E-state index >= 15 is 0 Å². The molecule has 0 aliphatic carbocycles. The molecule has 0 aliphatic rings. The molecule has 0 saturated heterocycles. The summed E-state index contributed by atoms with van der Waals surface area (Å²) in [5, 5.41) is 13.1. The monoisotopic (exact) mass is 329 g/mol. The van der Waals surface area contributed by atoms with Gasteiger partial charge in [0.25, 0.3) is 0 Å². The number of rotatable bonds is 4. The summed E-state index contributed by atoms with van der Waals surface area (Å²) in [5.41, 5.74) is 1.44. The first-order chi connectivity index (χ1) is 9.60. The Morgan fingerprint density at radius 3 is 2.40 bits per heavy atom. The van der Waals surface area contributed by atoms with E-state index in [4.69, 9.17) is 44.7 Å². The van der Waals surface area contributed by atoms with Gasteiger partial charge in [-0.1, -0.05) is 52.1 Å². The first kappa shape index (κ1) is 15.0. The molecule has 0 aromatic heterocycles. The molecule has 0 fully saturated rings. The Morgan fingerprint density at radius 1 is 1.05 bits per heavy atom. The average Bonchev–Trinajstić information content (AvgIpc) is 2.40. The summed E-state index contributed by atoms with van der Waals surface area (Å²) < 4.78 is 5.67. The van der Waals surface area contributed by atoms with Crippen molar-refractivity contribution in [2.45, 2.75) is 6.61 Å². The van der Waals surface area contributed by atoms with Crippen LogP contribution in [0.3, 0.4) is 0 Å². The lowest BCUT2D eigenvalue weighted by Crippen LogP contribution is -1.99. The van der Waals surface area contributed by atoms with Crippen LogP contribution in [0.1, 0.15) is 11.1 Å². The topological polar surface area (TPSA) is 41.8 Å². The molecule has 0 radical (unpaired) electrons. The Kier molecular flexibility index (Phi) is 5.12. The van der Waals surface area contributed by atoms with Gasteiger partial charge in [0.05, 0.1) is 11.2 Å². The fourth-order valence-corrected chi connectivity index (χ4v) is 2.32. The Morgan fingerprint density at radius 2 is 1.75 bits per heavy atom. The smallest absolute Gasteiger partial charge is 0.147 e. The summed E-state index contributed by atoms with van der Waals surface area (Å²) >= 11 is 17.8. The second kappa shape index (κ2) is 6.84. The zero-order valence-corrected chi connectivity index (χ0v) is 12.5.